The second-order valence-electron chi connectivity index (χ2n) is 6.77. The molecule has 8 nitrogen and oxygen atoms in total. The molecule has 0 saturated carbocycles. The third kappa shape index (κ3) is 4.16. The quantitative estimate of drug-likeness (QED) is 0.483. The van der Waals surface area contributed by atoms with Crippen molar-refractivity contribution in [2.75, 3.05) is 39.8 Å². The molecule has 1 N–H and O–H groups in total. The molecule has 2 aliphatic rings. The van der Waals surface area contributed by atoms with E-state index in [1.165, 1.54) is 6.42 Å². The summed E-state index contributed by atoms with van der Waals surface area (Å²) in [6.45, 7) is 4.91. The summed E-state index contributed by atoms with van der Waals surface area (Å²) in [5.41, 5.74) is 0.694. The minimum Gasteiger partial charge on any atom is -0.356 e. The number of aromatic nitrogens is 3. The third-order valence-corrected chi connectivity index (χ3v) is 5.02. The molecule has 4 heterocycles. The largest absolute Gasteiger partial charge is 0.356 e. The smallest absolute Gasteiger partial charge is 0.276 e. The standard InChI is InChI=1S/C19H25N7O/c1-20-19(26-13-8-15(14-26)25-11-4-5-12-25)22-10-7-17-23-18(27-24-17)16-6-2-3-9-21-16/h2-6,9,15H,7-8,10-14H2,1H3,(H,20,22). The summed E-state index contributed by atoms with van der Waals surface area (Å²) in [6, 6.07) is 6.23. The molecule has 0 amide bonds. The van der Waals surface area contributed by atoms with Crippen LogP contribution in [0.1, 0.15) is 12.2 Å². The third-order valence-electron chi connectivity index (χ3n) is 5.02. The zero-order valence-electron chi connectivity index (χ0n) is 15.6. The van der Waals surface area contributed by atoms with Gasteiger partial charge < -0.3 is 14.7 Å². The van der Waals surface area contributed by atoms with Crippen molar-refractivity contribution in [2.45, 2.75) is 18.9 Å². The maximum Gasteiger partial charge on any atom is 0.276 e. The van der Waals surface area contributed by atoms with Crippen molar-refractivity contribution in [3.05, 3.63) is 42.4 Å². The summed E-state index contributed by atoms with van der Waals surface area (Å²) in [7, 11) is 1.83. The fraction of sp³-hybridized carbons (Fsp3) is 0.474. The molecule has 1 atom stereocenters. The van der Waals surface area contributed by atoms with E-state index in [4.69, 9.17) is 4.52 Å². The monoisotopic (exact) mass is 367 g/mol. The molecule has 0 spiro atoms. The fourth-order valence-electron chi connectivity index (χ4n) is 3.59. The Kier molecular flexibility index (Phi) is 5.43. The van der Waals surface area contributed by atoms with Gasteiger partial charge >= 0.3 is 0 Å². The highest BCUT2D eigenvalue weighted by molar-refractivity contribution is 5.80. The van der Waals surface area contributed by atoms with Crippen molar-refractivity contribution in [3.8, 4) is 11.6 Å². The maximum absolute atomic E-state index is 5.30. The van der Waals surface area contributed by atoms with Crippen molar-refractivity contribution in [1.29, 1.82) is 0 Å². The maximum atomic E-state index is 5.30. The van der Waals surface area contributed by atoms with Crippen LogP contribution in [-0.2, 0) is 6.42 Å². The van der Waals surface area contributed by atoms with Crippen molar-refractivity contribution >= 4 is 5.96 Å². The number of guanidine groups is 1. The first-order valence-electron chi connectivity index (χ1n) is 9.42. The van der Waals surface area contributed by atoms with Crippen LogP contribution in [0.5, 0.6) is 0 Å². The molecular weight excluding hydrogens is 342 g/mol. The Hall–Kier alpha value is -2.74. The number of hydrogen-bond donors (Lipinski definition) is 1. The van der Waals surface area contributed by atoms with Gasteiger partial charge in [-0.25, -0.2) is 0 Å². The Morgan fingerprint density at radius 3 is 3.00 bits per heavy atom. The minimum absolute atomic E-state index is 0.455. The number of hydrogen-bond acceptors (Lipinski definition) is 6. The minimum atomic E-state index is 0.455. The van der Waals surface area contributed by atoms with Gasteiger partial charge in [0.1, 0.15) is 5.69 Å². The van der Waals surface area contributed by atoms with E-state index in [0.717, 1.165) is 32.1 Å². The van der Waals surface area contributed by atoms with Crippen LogP contribution in [0, 0.1) is 0 Å². The number of nitrogens with one attached hydrogen (secondary N) is 1. The van der Waals surface area contributed by atoms with Gasteiger partial charge in [0.2, 0.25) is 0 Å². The Morgan fingerprint density at radius 2 is 2.22 bits per heavy atom. The summed E-state index contributed by atoms with van der Waals surface area (Å²) in [5, 5.41) is 7.47. The van der Waals surface area contributed by atoms with Gasteiger partial charge in [-0.1, -0.05) is 23.4 Å². The summed E-state index contributed by atoms with van der Waals surface area (Å²) in [4.78, 5) is 17.9. The molecule has 1 fully saturated rings. The van der Waals surface area contributed by atoms with Crippen LogP contribution in [0.15, 0.2) is 46.1 Å². The van der Waals surface area contributed by atoms with Crippen molar-refractivity contribution in [2.24, 2.45) is 4.99 Å². The number of rotatable bonds is 5. The van der Waals surface area contributed by atoms with E-state index in [-0.39, 0.29) is 0 Å². The Bertz CT molecular complexity index is 793. The number of likely N-dealkylation sites (tertiary alicyclic amines) is 1. The second kappa shape index (κ2) is 8.30. The lowest BCUT2D eigenvalue weighted by Gasteiger charge is -2.25. The lowest BCUT2D eigenvalue weighted by Crippen LogP contribution is -2.43. The Balaban J connectivity index is 1.26. The molecule has 4 rings (SSSR count). The van der Waals surface area contributed by atoms with E-state index in [1.807, 2.05) is 25.2 Å². The molecule has 1 saturated heterocycles. The molecule has 8 heteroatoms. The normalized spacial score (nSPS) is 20.6. The van der Waals surface area contributed by atoms with Crippen molar-refractivity contribution in [1.82, 2.24) is 30.2 Å². The summed E-state index contributed by atoms with van der Waals surface area (Å²) < 4.78 is 5.30. The van der Waals surface area contributed by atoms with Gasteiger partial charge in [-0.15, -0.1) is 0 Å². The molecule has 0 aliphatic carbocycles. The zero-order chi connectivity index (χ0) is 18.5. The van der Waals surface area contributed by atoms with Gasteiger partial charge in [0, 0.05) is 58.4 Å². The summed E-state index contributed by atoms with van der Waals surface area (Å²) in [6.07, 6.45) is 8.06. The van der Waals surface area contributed by atoms with Gasteiger partial charge in [-0.3, -0.25) is 14.9 Å². The highest BCUT2D eigenvalue weighted by Gasteiger charge is 2.29. The van der Waals surface area contributed by atoms with Crippen LogP contribution >= 0.6 is 0 Å². The first-order valence-corrected chi connectivity index (χ1v) is 9.42. The van der Waals surface area contributed by atoms with E-state index in [9.17, 15) is 0 Å². The molecule has 2 aromatic rings. The number of nitrogens with zero attached hydrogens (tertiary/aromatic N) is 6. The van der Waals surface area contributed by atoms with E-state index in [0.29, 0.717) is 36.4 Å². The predicted molar refractivity (Wildman–Crippen MR) is 103 cm³/mol. The second-order valence-corrected chi connectivity index (χ2v) is 6.77. The topological polar surface area (TPSA) is 82.7 Å². The highest BCUT2D eigenvalue weighted by atomic mass is 16.5. The molecule has 0 aromatic carbocycles. The lowest BCUT2D eigenvalue weighted by molar-refractivity contribution is 0.259. The average molecular weight is 367 g/mol. The summed E-state index contributed by atoms with van der Waals surface area (Å²) >= 11 is 0. The summed E-state index contributed by atoms with van der Waals surface area (Å²) in [5.74, 6) is 2.07. The van der Waals surface area contributed by atoms with Crippen molar-refractivity contribution in [3.63, 3.8) is 0 Å². The molecule has 1 unspecified atom stereocenters. The Morgan fingerprint density at radius 1 is 1.33 bits per heavy atom. The van der Waals surface area contributed by atoms with Crippen LogP contribution in [0.4, 0.5) is 0 Å². The molecule has 2 aliphatic heterocycles. The van der Waals surface area contributed by atoms with Crippen LogP contribution < -0.4 is 5.32 Å². The van der Waals surface area contributed by atoms with Gasteiger partial charge in [-0.05, 0) is 18.6 Å². The van der Waals surface area contributed by atoms with E-state index < -0.39 is 0 Å². The van der Waals surface area contributed by atoms with E-state index >= 15 is 0 Å². The van der Waals surface area contributed by atoms with Crippen LogP contribution in [0.3, 0.4) is 0 Å². The molecule has 2 aromatic heterocycles. The molecule has 0 radical (unpaired) electrons. The number of aliphatic imine (C=N–C) groups is 1. The predicted octanol–water partition coefficient (Wildman–Crippen LogP) is 1.20. The van der Waals surface area contributed by atoms with Crippen LogP contribution in [0.25, 0.3) is 11.6 Å². The molecule has 27 heavy (non-hydrogen) atoms. The highest BCUT2D eigenvalue weighted by Crippen LogP contribution is 2.18. The first-order chi connectivity index (χ1) is 13.3. The first kappa shape index (κ1) is 17.7. The fourth-order valence-corrected chi connectivity index (χ4v) is 3.59. The Labute approximate surface area is 159 Å². The van der Waals surface area contributed by atoms with Crippen LogP contribution in [0.2, 0.25) is 0 Å². The zero-order valence-corrected chi connectivity index (χ0v) is 15.6. The van der Waals surface area contributed by atoms with Gasteiger partial charge in [0.15, 0.2) is 11.8 Å². The lowest BCUT2D eigenvalue weighted by atomic mass is 10.2. The van der Waals surface area contributed by atoms with Gasteiger partial charge in [-0.2, -0.15) is 4.98 Å². The van der Waals surface area contributed by atoms with Gasteiger partial charge in [0.25, 0.3) is 5.89 Å². The number of pyridine rings is 1. The van der Waals surface area contributed by atoms with E-state index in [2.05, 4.69) is 47.4 Å². The van der Waals surface area contributed by atoms with Gasteiger partial charge in [0.05, 0.1) is 0 Å². The molecule has 0 bridgehead atoms. The van der Waals surface area contributed by atoms with Crippen LogP contribution in [-0.4, -0.2) is 76.7 Å². The average Bonchev–Trinajstić information content (AvgIpc) is 3.47. The van der Waals surface area contributed by atoms with Crippen molar-refractivity contribution < 1.29 is 4.52 Å². The molecular formula is C19H25N7O. The SMILES string of the molecule is CN=C(NCCc1noc(-c2ccccn2)n1)N1CCC(N2CC=CC2)C1. The van der Waals surface area contributed by atoms with E-state index in [1.54, 1.807) is 6.20 Å². The molecule has 142 valence electrons.